The summed E-state index contributed by atoms with van der Waals surface area (Å²) in [6.07, 6.45) is 5.54. The van der Waals surface area contributed by atoms with Crippen molar-refractivity contribution in [1.82, 2.24) is 5.32 Å². The van der Waals surface area contributed by atoms with Crippen LogP contribution in [0.2, 0.25) is 0 Å². The Bertz CT molecular complexity index is 361. The minimum Gasteiger partial charge on any atom is -0.313 e. The first-order valence-corrected chi connectivity index (χ1v) is 7.13. The SMILES string of the molecule is CNC(c1cc(C)sc1C)C1(C)CCCC1. The van der Waals surface area contributed by atoms with Gasteiger partial charge in [-0.15, -0.1) is 11.3 Å². The Balaban J connectivity index is 2.32. The standard InChI is InChI=1S/C14H23NS/c1-10-9-12(11(2)16-10)13(15-4)14(3)7-5-6-8-14/h9,13,15H,5-8H2,1-4H3. The Morgan fingerprint density at radius 3 is 2.38 bits per heavy atom. The second-order valence-electron chi connectivity index (χ2n) is 5.45. The van der Waals surface area contributed by atoms with Crippen molar-refractivity contribution < 1.29 is 0 Å². The maximum absolute atomic E-state index is 3.56. The molecular formula is C14H23NS. The van der Waals surface area contributed by atoms with Gasteiger partial charge in [0.25, 0.3) is 0 Å². The second-order valence-corrected chi connectivity index (χ2v) is 6.91. The molecule has 1 aliphatic carbocycles. The fraction of sp³-hybridized carbons (Fsp3) is 0.714. The van der Waals surface area contributed by atoms with E-state index >= 15 is 0 Å². The smallest absolute Gasteiger partial charge is 0.0383 e. The van der Waals surface area contributed by atoms with Gasteiger partial charge in [0.1, 0.15) is 0 Å². The van der Waals surface area contributed by atoms with Crippen LogP contribution in [0.25, 0.3) is 0 Å². The van der Waals surface area contributed by atoms with Crippen LogP contribution in [0, 0.1) is 19.3 Å². The third-order valence-electron chi connectivity index (χ3n) is 4.12. The van der Waals surface area contributed by atoms with Crippen LogP contribution in [-0.4, -0.2) is 7.05 Å². The van der Waals surface area contributed by atoms with Crippen molar-refractivity contribution in [2.24, 2.45) is 5.41 Å². The summed E-state index contributed by atoms with van der Waals surface area (Å²) in [6.45, 7) is 6.92. The maximum atomic E-state index is 3.56. The van der Waals surface area contributed by atoms with E-state index in [4.69, 9.17) is 0 Å². The fourth-order valence-corrected chi connectivity index (χ4v) is 4.25. The predicted molar refractivity (Wildman–Crippen MR) is 72.2 cm³/mol. The molecule has 0 saturated heterocycles. The van der Waals surface area contributed by atoms with Gasteiger partial charge < -0.3 is 5.32 Å². The summed E-state index contributed by atoms with van der Waals surface area (Å²) in [5, 5.41) is 3.56. The lowest BCUT2D eigenvalue weighted by Gasteiger charge is -2.34. The molecule has 1 aromatic heterocycles. The van der Waals surface area contributed by atoms with Crippen molar-refractivity contribution >= 4 is 11.3 Å². The van der Waals surface area contributed by atoms with E-state index in [0.29, 0.717) is 11.5 Å². The van der Waals surface area contributed by atoms with Crippen molar-refractivity contribution in [3.05, 3.63) is 21.4 Å². The summed E-state index contributed by atoms with van der Waals surface area (Å²) in [6, 6.07) is 2.92. The molecule has 1 aromatic rings. The highest BCUT2D eigenvalue weighted by molar-refractivity contribution is 7.12. The van der Waals surface area contributed by atoms with Gasteiger partial charge in [0, 0.05) is 15.8 Å². The molecule has 2 heteroatoms. The normalized spacial score (nSPS) is 21.2. The van der Waals surface area contributed by atoms with Crippen molar-refractivity contribution in [2.75, 3.05) is 7.05 Å². The summed E-state index contributed by atoms with van der Waals surface area (Å²) in [5.41, 5.74) is 2.00. The molecule has 1 nitrogen and oxygen atoms in total. The largest absolute Gasteiger partial charge is 0.313 e. The van der Waals surface area contributed by atoms with E-state index in [1.54, 1.807) is 0 Å². The van der Waals surface area contributed by atoms with E-state index in [2.05, 4.69) is 39.2 Å². The lowest BCUT2D eigenvalue weighted by Crippen LogP contribution is -2.32. The summed E-state index contributed by atoms with van der Waals surface area (Å²) in [4.78, 5) is 2.93. The monoisotopic (exact) mass is 237 g/mol. The van der Waals surface area contributed by atoms with Gasteiger partial charge in [0.2, 0.25) is 0 Å². The van der Waals surface area contributed by atoms with Gasteiger partial charge in [-0.3, -0.25) is 0 Å². The number of thiophene rings is 1. The van der Waals surface area contributed by atoms with Gasteiger partial charge in [-0.1, -0.05) is 19.8 Å². The Hall–Kier alpha value is -0.340. The summed E-state index contributed by atoms with van der Waals surface area (Å²) >= 11 is 1.93. The highest BCUT2D eigenvalue weighted by atomic mass is 32.1. The van der Waals surface area contributed by atoms with Crippen LogP contribution in [-0.2, 0) is 0 Å². The van der Waals surface area contributed by atoms with E-state index in [1.165, 1.54) is 41.0 Å². The van der Waals surface area contributed by atoms with Crippen molar-refractivity contribution in [1.29, 1.82) is 0 Å². The minimum absolute atomic E-state index is 0.465. The first-order chi connectivity index (χ1) is 7.57. The summed E-state index contributed by atoms with van der Waals surface area (Å²) in [7, 11) is 2.11. The van der Waals surface area contributed by atoms with Crippen molar-refractivity contribution in [3.8, 4) is 0 Å². The van der Waals surface area contributed by atoms with Crippen LogP contribution >= 0.6 is 11.3 Å². The van der Waals surface area contributed by atoms with Crippen molar-refractivity contribution in [3.63, 3.8) is 0 Å². The third-order valence-corrected chi connectivity index (χ3v) is 5.10. The number of aryl methyl sites for hydroxylation is 2. The molecule has 1 unspecified atom stereocenters. The predicted octanol–water partition coefficient (Wildman–Crippen LogP) is 4.21. The van der Waals surface area contributed by atoms with Crippen LogP contribution < -0.4 is 5.32 Å². The molecule has 0 radical (unpaired) electrons. The zero-order chi connectivity index (χ0) is 11.8. The molecule has 90 valence electrons. The second kappa shape index (κ2) is 4.50. The van der Waals surface area contributed by atoms with Gasteiger partial charge in [0.15, 0.2) is 0 Å². The lowest BCUT2D eigenvalue weighted by atomic mass is 9.77. The molecule has 1 atom stereocenters. The molecule has 1 heterocycles. The Labute approximate surface area is 103 Å². The number of rotatable bonds is 3. The average molecular weight is 237 g/mol. The van der Waals surface area contributed by atoms with Gasteiger partial charge in [-0.05, 0) is 50.8 Å². The molecule has 0 bridgehead atoms. The first-order valence-electron chi connectivity index (χ1n) is 6.31. The van der Waals surface area contributed by atoms with Crippen LogP contribution in [0.4, 0.5) is 0 Å². The molecule has 1 saturated carbocycles. The van der Waals surface area contributed by atoms with E-state index in [1.807, 2.05) is 11.3 Å². The number of hydrogen-bond donors (Lipinski definition) is 1. The van der Waals surface area contributed by atoms with Crippen LogP contribution in [0.1, 0.15) is 54.0 Å². The molecule has 16 heavy (non-hydrogen) atoms. The van der Waals surface area contributed by atoms with E-state index in [0.717, 1.165) is 0 Å². The molecule has 0 amide bonds. The molecule has 0 spiro atoms. The number of nitrogens with one attached hydrogen (secondary N) is 1. The van der Waals surface area contributed by atoms with Gasteiger partial charge in [-0.2, -0.15) is 0 Å². The van der Waals surface area contributed by atoms with Crippen LogP contribution in [0.3, 0.4) is 0 Å². The molecular weight excluding hydrogens is 214 g/mol. The molecule has 0 aliphatic heterocycles. The van der Waals surface area contributed by atoms with Crippen molar-refractivity contribution in [2.45, 2.75) is 52.5 Å². The van der Waals surface area contributed by atoms with Crippen LogP contribution in [0.15, 0.2) is 6.07 Å². The molecule has 0 aromatic carbocycles. The topological polar surface area (TPSA) is 12.0 Å². The molecule has 1 aliphatic rings. The van der Waals surface area contributed by atoms with Crippen LogP contribution in [0.5, 0.6) is 0 Å². The molecule has 1 fully saturated rings. The van der Waals surface area contributed by atoms with E-state index < -0.39 is 0 Å². The lowest BCUT2D eigenvalue weighted by molar-refractivity contribution is 0.233. The number of hydrogen-bond acceptors (Lipinski definition) is 2. The van der Waals surface area contributed by atoms with Gasteiger partial charge in [-0.25, -0.2) is 0 Å². The average Bonchev–Trinajstić information content (AvgIpc) is 2.76. The zero-order valence-corrected chi connectivity index (χ0v) is 11.7. The van der Waals surface area contributed by atoms with E-state index in [-0.39, 0.29) is 0 Å². The zero-order valence-electron chi connectivity index (χ0n) is 10.9. The maximum Gasteiger partial charge on any atom is 0.0383 e. The highest BCUT2D eigenvalue weighted by Gasteiger charge is 2.37. The third kappa shape index (κ3) is 2.05. The highest BCUT2D eigenvalue weighted by Crippen LogP contribution is 2.48. The quantitative estimate of drug-likeness (QED) is 0.830. The fourth-order valence-electron chi connectivity index (χ4n) is 3.29. The minimum atomic E-state index is 0.465. The van der Waals surface area contributed by atoms with Gasteiger partial charge in [0.05, 0.1) is 0 Å². The molecule has 2 rings (SSSR count). The first kappa shape index (κ1) is 12.1. The van der Waals surface area contributed by atoms with Gasteiger partial charge >= 0.3 is 0 Å². The summed E-state index contributed by atoms with van der Waals surface area (Å²) in [5.74, 6) is 0. The Morgan fingerprint density at radius 2 is 1.94 bits per heavy atom. The molecule has 1 N–H and O–H groups in total. The Morgan fingerprint density at radius 1 is 1.31 bits per heavy atom. The summed E-state index contributed by atoms with van der Waals surface area (Å²) < 4.78 is 0. The van der Waals surface area contributed by atoms with E-state index in [9.17, 15) is 0 Å². The Kier molecular flexibility index (Phi) is 3.41.